The maximum atomic E-state index is 2.45. The van der Waals surface area contributed by atoms with Crippen LogP contribution in [0.25, 0.3) is 0 Å². The van der Waals surface area contributed by atoms with Gasteiger partial charge in [0, 0.05) is 18.5 Å². The lowest BCUT2D eigenvalue weighted by atomic mass is 9.92. The fourth-order valence-electron chi connectivity index (χ4n) is 3.69. The van der Waals surface area contributed by atoms with E-state index in [9.17, 15) is 0 Å². The minimum absolute atomic E-state index is 0.988. The second-order valence-corrected chi connectivity index (χ2v) is 7.65. The Balaban J connectivity index is 1.76. The summed E-state index contributed by atoms with van der Waals surface area (Å²) in [5, 5.41) is 0. The Kier molecular flexibility index (Phi) is 8.22. The molecule has 124 valence electrons. The average molecular weight is 320 g/mol. The summed E-state index contributed by atoms with van der Waals surface area (Å²) in [7, 11) is 2.25. The van der Waals surface area contributed by atoms with Crippen molar-refractivity contribution in [2.24, 2.45) is 5.92 Å². The van der Waals surface area contributed by atoms with Gasteiger partial charge in [0.05, 0.1) is 5.69 Å². The molecule has 0 heterocycles. The predicted molar refractivity (Wildman–Crippen MR) is 101 cm³/mol. The van der Waals surface area contributed by atoms with E-state index in [-0.39, 0.29) is 0 Å². The van der Waals surface area contributed by atoms with Gasteiger partial charge in [-0.3, -0.25) is 0 Å². The van der Waals surface area contributed by atoms with Gasteiger partial charge in [0.25, 0.3) is 0 Å². The van der Waals surface area contributed by atoms with E-state index in [1.54, 1.807) is 0 Å². The first kappa shape index (κ1) is 17.7. The Morgan fingerprint density at radius 3 is 2.32 bits per heavy atom. The zero-order valence-electron chi connectivity index (χ0n) is 14.5. The van der Waals surface area contributed by atoms with E-state index in [4.69, 9.17) is 0 Å². The molecule has 1 nitrogen and oxygen atoms in total. The standard InChI is InChI=1S/C20H33NS/c1-21(19-15-9-10-16-20(19)22-2)17-11-14-18-12-7-5-3-4-6-8-13-18/h9-10,15-16,18H,3-8,11-14,17H2,1-2H3. The zero-order chi connectivity index (χ0) is 15.6. The van der Waals surface area contributed by atoms with Gasteiger partial charge in [-0.25, -0.2) is 0 Å². The molecule has 0 radical (unpaired) electrons. The van der Waals surface area contributed by atoms with Crippen molar-refractivity contribution in [1.82, 2.24) is 0 Å². The molecule has 0 amide bonds. The van der Waals surface area contributed by atoms with Gasteiger partial charge in [-0.1, -0.05) is 63.5 Å². The van der Waals surface area contributed by atoms with Crippen LogP contribution in [0.2, 0.25) is 0 Å². The molecule has 0 aliphatic heterocycles. The van der Waals surface area contributed by atoms with Crippen molar-refractivity contribution in [3.05, 3.63) is 24.3 Å². The fourth-order valence-corrected chi connectivity index (χ4v) is 4.34. The summed E-state index contributed by atoms with van der Waals surface area (Å²) in [4.78, 5) is 3.84. The van der Waals surface area contributed by atoms with Gasteiger partial charge in [-0.15, -0.1) is 11.8 Å². The molecular weight excluding hydrogens is 286 g/mol. The summed E-state index contributed by atoms with van der Waals surface area (Å²) in [5.74, 6) is 0.988. The number of hydrogen-bond acceptors (Lipinski definition) is 2. The molecule has 0 aromatic heterocycles. The van der Waals surface area contributed by atoms with Crippen LogP contribution >= 0.6 is 11.8 Å². The number of hydrogen-bond donors (Lipinski definition) is 0. The SMILES string of the molecule is CSc1ccccc1N(C)CCCC1CCCCCCCC1. The molecule has 1 aromatic rings. The molecule has 0 atom stereocenters. The number of thioether (sulfide) groups is 1. The minimum atomic E-state index is 0.988. The summed E-state index contributed by atoms with van der Waals surface area (Å²) in [5.41, 5.74) is 1.39. The number of para-hydroxylation sites is 1. The van der Waals surface area contributed by atoms with Crippen LogP contribution < -0.4 is 4.90 Å². The molecule has 1 aromatic carbocycles. The first-order chi connectivity index (χ1) is 10.8. The van der Waals surface area contributed by atoms with Crippen LogP contribution in [0.4, 0.5) is 5.69 Å². The van der Waals surface area contributed by atoms with E-state index in [1.807, 2.05) is 11.8 Å². The van der Waals surface area contributed by atoms with E-state index in [0.29, 0.717) is 0 Å². The first-order valence-electron chi connectivity index (χ1n) is 9.15. The third-order valence-electron chi connectivity index (χ3n) is 5.08. The Bertz CT molecular complexity index is 408. The van der Waals surface area contributed by atoms with Crippen molar-refractivity contribution in [2.45, 2.75) is 69.1 Å². The molecule has 2 rings (SSSR count). The fraction of sp³-hybridized carbons (Fsp3) is 0.700. The highest BCUT2D eigenvalue weighted by molar-refractivity contribution is 7.98. The molecule has 1 aliphatic rings. The minimum Gasteiger partial charge on any atom is -0.374 e. The predicted octanol–water partition coefficient (Wildman–Crippen LogP) is 6.38. The first-order valence-corrected chi connectivity index (χ1v) is 10.4. The van der Waals surface area contributed by atoms with E-state index in [1.165, 1.54) is 81.3 Å². The van der Waals surface area contributed by atoms with Gasteiger partial charge >= 0.3 is 0 Å². The van der Waals surface area contributed by atoms with E-state index < -0.39 is 0 Å². The molecule has 0 spiro atoms. The summed E-state index contributed by atoms with van der Waals surface area (Å²) < 4.78 is 0. The Hall–Kier alpha value is -0.630. The maximum Gasteiger partial charge on any atom is 0.0501 e. The van der Waals surface area contributed by atoms with Crippen molar-refractivity contribution in [3.8, 4) is 0 Å². The number of nitrogens with zero attached hydrogens (tertiary/aromatic N) is 1. The van der Waals surface area contributed by atoms with Gasteiger partial charge < -0.3 is 4.90 Å². The van der Waals surface area contributed by atoms with Crippen LogP contribution in [0.15, 0.2) is 29.2 Å². The third-order valence-corrected chi connectivity index (χ3v) is 5.86. The highest BCUT2D eigenvalue weighted by Gasteiger charge is 2.12. The smallest absolute Gasteiger partial charge is 0.0501 e. The van der Waals surface area contributed by atoms with Crippen molar-refractivity contribution >= 4 is 17.4 Å². The number of anilines is 1. The largest absolute Gasteiger partial charge is 0.374 e. The molecule has 1 saturated carbocycles. The van der Waals surface area contributed by atoms with Crippen molar-refractivity contribution in [3.63, 3.8) is 0 Å². The number of benzene rings is 1. The Labute approximate surface area is 141 Å². The third kappa shape index (κ3) is 5.87. The highest BCUT2D eigenvalue weighted by atomic mass is 32.2. The molecule has 1 fully saturated rings. The molecule has 0 unspecified atom stereocenters. The maximum absolute atomic E-state index is 2.45. The lowest BCUT2D eigenvalue weighted by Gasteiger charge is -2.23. The van der Waals surface area contributed by atoms with E-state index in [0.717, 1.165) is 5.92 Å². The van der Waals surface area contributed by atoms with E-state index >= 15 is 0 Å². The van der Waals surface area contributed by atoms with Crippen molar-refractivity contribution < 1.29 is 0 Å². The quantitative estimate of drug-likeness (QED) is 0.560. The summed E-state index contributed by atoms with van der Waals surface area (Å²) in [6, 6.07) is 8.78. The lowest BCUT2D eigenvalue weighted by Crippen LogP contribution is -2.20. The van der Waals surface area contributed by atoms with Crippen molar-refractivity contribution in [1.29, 1.82) is 0 Å². The van der Waals surface area contributed by atoms with Crippen LogP contribution in [-0.2, 0) is 0 Å². The molecule has 22 heavy (non-hydrogen) atoms. The van der Waals surface area contributed by atoms with Crippen LogP contribution in [0.3, 0.4) is 0 Å². The Morgan fingerprint density at radius 1 is 1.00 bits per heavy atom. The van der Waals surface area contributed by atoms with Gasteiger partial charge in [0.2, 0.25) is 0 Å². The average Bonchev–Trinajstić information content (AvgIpc) is 2.68. The van der Waals surface area contributed by atoms with Gasteiger partial charge in [0.1, 0.15) is 0 Å². The second-order valence-electron chi connectivity index (χ2n) is 6.80. The molecule has 0 bridgehead atoms. The summed E-state index contributed by atoms with van der Waals surface area (Å²) in [6.07, 6.45) is 16.7. The Morgan fingerprint density at radius 2 is 1.64 bits per heavy atom. The van der Waals surface area contributed by atoms with Crippen LogP contribution in [0.1, 0.15) is 64.2 Å². The molecule has 1 aliphatic carbocycles. The van der Waals surface area contributed by atoms with Gasteiger partial charge in [-0.05, 0) is 37.1 Å². The van der Waals surface area contributed by atoms with Crippen LogP contribution in [0, 0.1) is 5.92 Å². The topological polar surface area (TPSA) is 3.24 Å². The molecular formula is C20H33NS. The zero-order valence-corrected chi connectivity index (χ0v) is 15.3. The summed E-state index contributed by atoms with van der Waals surface area (Å²) in [6.45, 7) is 1.19. The highest BCUT2D eigenvalue weighted by Crippen LogP contribution is 2.29. The molecule has 0 saturated heterocycles. The monoisotopic (exact) mass is 319 g/mol. The molecule has 0 N–H and O–H groups in total. The van der Waals surface area contributed by atoms with Crippen LogP contribution in [-0.4, -0.2) is 19.8 Å². The normalized spacial score (nSPS) is 17.5. The summed E-state index contributed by atoms with van der Waals surface area (Å²) >= 11 is 1.85. The van der Waals surface area contributed by atoms with Gasteiger partial charge in [0.15, 0.2) is 0 Å². The molecule has 2 heteroatoms. The van der Waals surface area contributed by atoms with Crippen molar-refractivity contribution in [2.75, 3.05) is 24.7 Å². The number of rotatable bonds is 6. The van der Waals surface area contributed by atoms with E-state index in [2.05, 4.69) is 42.5 Å². The van der Waals surface area contributed by atoms with Crippen LogP contribution in [0.5, 0.6) is 0 Å². The van der Waals surface area contributed by atoms with Gasteiger partial charge in [-0.2, -0.15) is 0 Å². The second kappa shape index (κ2) is 10.2. The lowest BCUT2D eigenvalue weighted by molar-refractivity contribution is 0.391.